The van der Waals surface area contributed by atoms with E-state index in [1.165, 1.54) is 70.7 Å². The maximum atomic E-state index is 15.5. The van der Waals surface area contributed by atoms with Crippen LogP contribution in [-0.4, -0.2) is 260 Å². The molecule has 2 bridgehead atoms. The minimum absolute atomic E-state index is 0.0189. The molecule has 11 atom stereocenters. The Morgan fingerprint density at radius 3 is 1.72 bits per heavy atom. The highest BCUT2D eigenvalue weighted by Gasteiger charge is 2.44. The van der Waals surface area contributed by atoms with Gasteiger partial charge in [-0.2, -0.15) is 0 Å². The summed E-state index contributed by atoms with van der Waals surface area (Å²) in [6.45, 7) is 6.05. The summed E-state index contributed by atoms with van der Waals surface area (Å²) >= 11 is 7.30. The van der Waals surface area contributed by atoms with Gasteiger partial charge in [0.05, 0.1) is 31.0 Å². The van der Waals surface area contributed by atoms with Crippen LogP contribution in [0.25, 0.3) is 10.9 Å². The zero-order chi connectivity index (χ0) is 94.0. The SMILES string of the molecule is CCCC[C@H]1C(=O)N(C)CC(=O)N[C@@H](CC(=O)O)C(=O)N[C@@H](C(C)C)C(=O)N(C)[C@@H](Cc2ccccc2)C(=O)N[C@H]2Cc3ccc(O)cc3N(CC(=O)N[C@@H](Cc3c[nH]c4ccccc34)C(=O)N[C@@H](Cc3ccc(O)cc3)C(=O)N[C@@H](CC(C)C)C(=O)N[C@H](C(=O)NCC(N)=O)CSCC(=O)N[C@@H](Cc3cccc(Cl)c3)C(=O)N(C)[C@@H](Cc3ccccc3)C(=O)N1C)C2=O. The van der Waals surface area contributed by atoms with Crippen molar-refractivity contribution in [3.63, 3.8) is 0 Å². The lowest BCUT2D eigenvalue weighted by atomic mass is 9.95. The lowest BCUT2D eigenvalue weighted by Gasteiger charge is -2.37. The number of anilines is 1. The van der Waals surface area contributed by atoms with Gasteiger partial charge in [-0.3, -0.25) is 76.7 Å². The molecule has 3 heterocycles. The van der Waals surface area contributed by atoms with Crippen LogP contribution in [0.2, 0.25) is 5.02 Å². The molecule has 15 amide bonds. The number of aromatic hydroxyl groups is 2. The number of aliphatic carboxylic acids is 1. The number of carboxylic acids is 1. The molecule has 7 aromatic rings. The second-order valence-corrected chi connectivity index (χ2v) is 34.5. The zero-order valence-corrected chi connectivity index (χ0v) is 74.9. The van der Waals surface area contributed by atoms with Crippen LogP contribution in [0.4, 0.5) is 5.69 Å². The van der Waals surface area contributed by atoms with E-state index in [9.17, 15) is 48.9 Å². The Labute approximate surface area is 756 Å². The molecule has 2 aliphatic rings. The number of halogens is 1. The number of carboxylic acid groups (broad SMARTS) is 1. The monoisotopic (exact) mass is 1810 g/mol. The van der Waals surface area contributed by atoms with E-state index in [2.05, 4.69) is 52.8 Å². The minimum atomic E-state index is -1.91. The number of fused-ring (bicyclic) bond motifs is 5. The normalized spacial score (nSPS) is 22.2. The van der Waals surface area contributed by atoms with E-state index >= 15 is 43.2 Å². The highest BCUT2D eigenvalue weighted by molar-refractivity contribution is 8.00. The molecular formula is C92H113ClN16O19S. The third kappa shape index (κ3) is 28.3. The number of nitrogens with one attached hydrogen (secondary N) is 10. The number of carbonyl (C=O) groups is 16. The molecule has 0 unspecified atom stereocenters. The van der Waals surface area contributed by atoms with Crippen molar-refractivity contribution < 1.29 is 92.0 Å². The van der Waals surface area contributed by atoms with Crippen molar-refractivity contribution in [3.05, 3.63) is 196 Å². The predicted octanol–water partition coefficient (Wildman–Crippen LogP) is 2.87. The number of benzene rings is 6. The Hall–Kier alpha value is -13.4. The van der Waals surface area contributed by atoms with Gasteiger partial charge in [0.1, 0.15) is 84.5 Å². The summed E-state index contributed by atoms with van der Waals surface area (Å²) in [5, 5.41) is 56.4. The maximum absolute atomic E-state index is 15.5. The van der Waals surface area contributed by atoms with Gasteiger partial charge in [0.2, 0.25) is 88.6 Å². The van der Waals surface area contributed by atoms with Crippen molar-refractivity contribution in [2.45, 2.75) is 172 Å². The van der Waals surface area contributed by atoms with Crippen LogP contribution in [0.3, 0.4) is 0 Å². The lowest BCUT2D eigenvalue weighted by molar-refractivity contribution is -0.151. The quantitative estimate of drug-likeness (QED) is 0.0492. The second kappa shape index (κ2) is 46.9. The largest absolute Gasteiger partial charge is 0.508 e. The number of phenolic OH excluding ortho intramolecular Hbond substituents is 2. The van der Waals surface area contributed by atoms with Crippen LogP contribution in [0.1, 0.15) is 100 Å². The minimum Gasteiger partial charge on any atom is -0.508 e. The number of unbranched alkanes of at least 4 members (excludes halogenated alkanes) is 1. The van der Waals surface area contributed by atoms with Crippen LogP contribution in [0, 0.1) is 11.8 Å². The van der Waals surface area contributed by atoms with E-state index in [0.717, 1.165) is 36.3 Å². The Morgan fingerprint density at radius 1 is 0.527 bits per heavy atom. The molecule has 0 saturated carbocycles. The van der Waals surface area contributed by atoms with Crippen molar-refractivity contribution in [2.24, 2.45) is 17.6 Å². The summed E-state index contributed by atoms with van der Waals surface area (Å²) in [5.41, 5.74) is 8.92. The molecule has 129 heavy (non-hydrogen) atoms. The van der Waals surface area contributed by atoms with Crippen molar-refractivity contribution >= 4 is 135 Å². The number of nitrogens with zero attached hydrogens (tertiary/aromatic N) is 5. The Morgan fingerprint density at radius 2 is 1.09 bits per heavy atom. The van der Waals surface area contributed by atoms with E-state index in [1.54, 1.807) is 143 Å². The molecule has 15 N–H and O–H groups in total. The highest BCUT2D eigenvalue weighted by atomic mass is 35.5. The number of thioether (sulfide) groups is 1. The fraction of sp³-hybridized carbons (Fsp3) is 0.413. The molecule has 688 valence electrons. The molecule has 1 fully saturated rings. The summed E-state index contributed by atoms with van der Waals surface area (Å²) < 4.78 is 0. The predicted molar refractivity (Wildman–Crippen MR) is 482 cm³/mol. The molecule has 0 spiro atoms. The van der Waals surface area contributed by atoms with Crippen molar-refractivity contribution in [1.29, 1.82) is 0 Å². The van der Waals surface area contributed by atoms with E-state index in [4.69, 9.17) is 17.3 Å². The molecule has 9 rings (SSSR count). The number of aromatic amines is 1. The topological polar surface area (TPSA) is 500 Å². The summed E-state index contributed by atoms with van der Waals surface area (Å²) in [5.74, 6) is -17.9. The summed E-state index contributed by atoms with van der Waals surface area (Å²) in [4.78, 5) is 244. The number of H-pyrrole nitrogens is 1. The number of rotatable bonds is 21. The number of carbonyl (C=O) groups excluding carboxylic acids is 15. The van der Waals surface area contributed by atoms with Crippen LogP contribution in [0.15, 0.2) is 158 Å². The smallest absolute Gasteiger partial charge is 0.305 e. The van der Waals surface area contributed by atoms with Crippen LogP contribution in [-0.2, 0) is 115 Å². The first kappa shape index (κ1) is 99.4. The first-order chi connectivity index (χ1) is 61.4. The fourth-order valence-electron chi connectivity index (χ4n) is 15.4. The molecule has 6 aromatic carbocycles. The van der Waals surface area contributed by atoms with Gasteiger partial charge in [-0.25, -0.2) is 0 Å². The van der Waals surface area contributed by atoms with Crippen LogP contribution in [0.5, 0.6) is 11.5 Å². The molecule has 1 saturated heterocycles. The molecular weight excluding hydrogens is 1700 g/mol. The first-order valence-electron chi connectivity index (χ1n) is 42.5. The second-order valence-electron chi connectivity index (χ2n) is 33.1. The zero-order valence-electron chi connectivity index (χ0n) is 73.3. The third-order valence-corrected chi connectivity index (χ3v) is 23.6. The van der Waals surface area contributed by atoms with Gasteiger partial charge < -0.3 is 98.4 Å². The van der Waals surface area contributed by atoms with Crippen LogP contribution < -0.4 is 58.5 Å². The number of phenols is 2. The summed E-state index contributed by atoms with van der Waals surface area (Å²) in [6, 6.07) is 23.2. The van der Waals surface area contributed by atoms with E-state index in [0.29, 0.717) is 57.1 Å². The molecule has 2 aliphatic heterocycles. The van der Waals surface area contributed by atoms with Gasteiger partial charge in [0.15, 0.2) is 0 Å². The Bertz CT molecular complexity index is 5220. The molecule has 0 radical (unpaired) electrons. The number of para-hydroxylation sites is 1. The van der Waals surface area contributed by atoms with Crippen LogP contribution >= 0.6 is 23.4 Å². The standard InChI is InChI=1S/C92H113ClN16O19S/c1-10-11-29-72-90(126)105(6)48-77(113)98-68(45-80(116)117)86(122)104-81(53(4)5)92(128)107(8)74(40-54-21-14-12-15-22-54)87(123)102-70-42-58-32-35-62(111)44-73(58)109(89(70)125)49-78(114)97-67(43-59-46-95-64-28-19-18-27-63(59)64)85(121)101-66(38-56-30-33-61(110)34-31-56)84(120)100-65(36-52(2)3)83(119)103-71(82(118)96-47-76(94)112)50-129-51-79(115)99-69(39-57-25-20-26-60(93)37-57)88(124)108(9)75(91(127)106(72)7)41-55-23-16-13-17-24-55/h12-28,30-35,37,44,46,52-53,65-72,74-75,81,95,110-111H,10-11,29,36,38-43,45,47-51H2,1-9H3,(H2,94,112)(H,96,118)(H,97,114)(H,98,113)(H,99,115)(H,100,120)(H,101,121)(H,102,123)(H,103,119)(H,104,122)(H,116,117)/t65-,66-,67-,68-,69-,70-,71-,72-,74-,75-,81-/m0/s1. The van der Waals surface area contributed by atoms with Gasteiger partial charge in [-0.15, -0.1) is 11.8 Å². The van der Waals surface area contributed by atoms with E-state index in [1.807, 2.05) is 6.92 Å². The Kier molecular flexibility index (Phi) is 36.1. The summed E-state index contributed by atoms with van der Waals surface area (Å²) in [6.07, 6.45) is -0.0437. The number of hydrogen-bond acceptors (Lipinski definition) is 19. The van der Waals surface area contributed by atoms with Gasteiger partial charge in [-0.05, 0) is 94.5 Å². The number of amides is 15. The molecule has 35 nitrogen and oxygen atoms in total. The molecule has 1 aromatic heterocycles. The number of hydrogen-bond donors (Lipinski definition) is 14. The number of likely N-dealkylation sites (N-methyl/N-ethyl adjacent to an activating group) is 4. The van der Waals surface area contributed by atoms with Crippen molar-refractivity contribution in [1.82, 2.24) is 72.4 Å². The highest BCUT2D eigenvalue weighted by Crippen LogP contribution is 2.33. The number of nitrogens with two attached hydrogens (primary N) is 1. The first-order valence-corrected chi connectivity index (χ1v) is 44.0. The van der Waals surface area contributed by atoms with Gasteiger partial charge in [-0.1, -0.05) is 168 Å². The summed E-state index contributed by atoms with van der Waals surface area (Å²) in [7, 11) is 5.24. The average Bonchev–Trinajstić information content (AvgIpc) is 1.23. The third-order valence-electron chi connectivity index (χ3n) is 22.3. The molecule has 37 heteroatoms. The fourth-order valence-corrected chi connectivity index (χ4v) is 16.4. The number of primary amides is 1. The maximum Gasteiger partial charge on any atom is 0.305 e. The van der Waals surface area contributed by atoms with Crippen molar-refractivity contribution in [3.8, 4) is 11.5 Å². The lowest BCUT2D eigenvalue weighted by Crippen LogP contribution is -2.62. The number of aromatic nitrogens is 1. The van der Waals surface area contributed by atoms with Gasteiger partial charge >= 0.3 is 5.97 Å². The molecule has 0 aliphatic carbocycles. The van der Waals surface area contributed by atoms with E-state index < -0.39 is 205 Å². The van der Waals surface area contributed by atoms with Gasteiger partial charge in [0.25, 0.3) is 0 Å². The average molecular weight is 1810 g/mol. The Balaban J connectivity index is 1.12. The van der Waals surface area contributed by atoms with Gasteiger partial charge in [0, 0.05) is 101 Å². The van der Waals surface area contributed by atoms with Crippen molar-refractivity contribution in [2.75, 3.05) is 64.2 Å². The van der Waals surface area contributed by atoms with E-state index in [-0.39, 0.29) is 79.5 Å².